The van der Waals surface area contributed by atoms with Crippen molar-refractivity contribution < 1.29 is 14.6 Å². The van der Waals surface area contributed by atoms with Crippen molar-refractivity contribution in [2.45, 2.75) is 26.3 Å². The number of anilines is 2. The van der Waals surface area contributed by atoms with E-state index in [1.54, 1.807) is 10.9 Å². The van der Waals surface area contributed by atoms with Gasteiger partial charge in [-0.3, -0.25) is 5.73 Å². The summed E-state index contributed by atoms with van der Waals surface area (Å²) in [4.78, 5) is 18.2. The van der Waals surface area contributed by atoms with Crippen LogP contribution in [-0.4, -0.2) is 59.3 Å². The van der Waals surface area contributed by atoms with Gasteiger partial charge in [0.2, 0.25) is 0 Å². The van der Waals surface area contributed by atoms with Crippen LogP contribution in [-0.2, 0) is 0 Å². The van der Waals surface area contributed by atoms with Gasteiger partial charge < -0.3 is 21.1 Å². The van der Waals surface area contributed by atoms with E-state index in [0.29, 0.717) is 22.9 Å². The molecular weight excluding hydrogens is 346 g/mol. The maximum Gasteiger partial charge on any atom is 0.321 e. The van der Waals surface area contributed by atoms with E-state index in [0.717, 1.165) is 25.2 Å². The number of aliphatic hydroxyl groups excluding tert-OH is 1. The number of carbonyl (C=O) groups is 1. The molecule has 3 rings (SSSR count). The monoisotopic (exact) mass is 372 g/mol. The van der Waals surface area contributed by atoms with Crippen LogP contribution in [0.3, 0.4) is 0 Å². The Morgan fingerprint density at radius 3 is 2.89 bits per heavy atom. The number of hydrogen-bond donors (Lipinski definition) is 4. The highest BCUT2D eigenvalue weighted by atomic mass is 16.3. The van der Waals surface area contributed by atoms with Crippen LogP contribution in [0, 0.1) is 5.92 Å². The first-order valence-corrected chi connectivity index (χ1v) is 9.00. The molecule has 1 atom stereocenters. The zero-order valence-corrected chi connectivity index (χ0v) is 15.6. The van der Waals surface area contributed by atoms with Crippen LogP contribution in [0.15, 0.2) is 28.3 Å². The first-order valence-electron chi connectivity index (χ1n) is 9.00. The number of primary amides is 1. The molecule has 1 unspecified atom stereocenters. The highest BCUT2D eigenvalue weighted by molar-refractivity contribution is 6.62. The maximum absolute atomic E-state index is 11.4. The molecule has 6 N–H and O–H groups in total. The minimum Gasteiger partial charge on any atom is -0.396 e. The number of aliphatic imine (C=N–C) groups is 1. The van der Waals surface area contributed by atoms with Crippen molar-refractivity contribution in [3.05, 3.63) is 18.2 Å². The van der Waals surface area contributed by atoms with Crippen molar-refractivity contribution in [1.82, 2.24) is 0 Å². The minimum atomic E-state index is -0.663. The molecule has 144 valence electrons. The quantitative estimate of drug-likeness (QED) is 0.570. The fraction of sp³-hybridized carbons (Fsp3) is 0.444. The maximum atomic E-state index is 11.4. The molecule has 27 heavy (non-hydrogen) atoms. The van der Waals surface area contributed by atoms with Crippen molar-refractivity contribution in [3.63, 3.8) is 0 Å². The Hall–Kier alpha value is -2.94. The fourth-order valence-corrected chi connectivity index (χ4v) is 3.26. The summed E-state index contributed by atoms with van der Waals surface area (Å²) in [6.45, 7) is 5.77. The molecule has 2 amide bonds. The van der Waals surface area contributed by atoms with E-state index in [4.69, 9.17) is 11.5 Å². The number of urea groups is 1. The normalized spacial score (nSPS) is 21.0. The predicted molar refractivity (Wildman–Crippen MR) is 107 cm³/mol. The Bertz CT molecular complexity index is 829. The number of nitrogens with zero attached hydrogens (tertiary/aromatic N) is 4. The lowest BCUT2D eigenvalue weighted by Crippen LogP contribution is -2.31. The van der Waals surface area contributed by atoms with Crippen LogP contribution in [0.5, 0.6) is 0 Å². The summed E-state index contributed by atoms with van der Waals surface area (Å²) < 4.78 is 1.69. The van der Waals surface area contributed by atoms with Crippen molar-refractivity contribution in [2.24, 2.45) is 27.5 Å². The Labute approximate surface area is 158 Å². The smallest absolute Gasteiger partial charge is 0.321 e. The first kappa shape index (κ1) is 18.8. The minimum absolute atomic E-state index is 0.120. The van der Waals surface area contributed by atoms with Gasteiger partial charge in [-0.05, 0) is 38.5 Å². The lowest BCUT2D eigenvalue weighted by molar-refractivity contribution is -0.560. The molecule has 2 aliphatic heterocycles. The van der Waals surface area contributed by atoms with E-state index in [-0.39, 0.29) is 18.6 Å². The van der Waals surface area contributed by atoms with Crippen molar-refractivity contribution in [2.75, 3.05) is 29.9 Å². The molecule has 1 fully saturated rings. The van der Waals surface area contributed by atoms with Crippen LogP contribution in [0.25, 0.3) is 0 Å². The first-order chi connectivity index (χ1) is 12.9. The molecule has 1 aromatic rings. The number of hydrogen-bond acceptors (Lipinski definition) is 6. The van der Waals surface area contributed by atoms with E-state index in [2.05, 4.69) is 20.3 Å². The Kier molecular flexibility index (Phi) is 5.41. The number of nitrogens with two attached hydrogens (primary N) is 2. The van der Waals surface area contributed by atoms with Crippen molar-refractivity contribution >= 4 is 40.9 Å². The van der Waals surface area contributed by atoms with E-state index < -0.39 is 6.03 Å². The van der Waals surface area contributed by atoms with Gasteiger partial charge >= 0.3 is 11.9 Å². The summed E-state index contributed by atoms with van der Waals surface area (Å²) in [7, 11) is 0. The van der Waals surface area contributed by atoms with Crippen molar-refractivity contribution in [3.8, 4) is 0 Å². The Balaban J connectivity index is 1.93. The zero-order valence-electron chi connectivity index (χ0n) is 15.6. The number of amides is 2. The second kappa shape index (κ2) is 7.75. The van der Waals surface area contributed by atoms with Gasteiger partial charge in [-0.15, -0.1) is 4.68 Å². The van der Waals surface area contributed by atoms with Gasteiger partial charge in [0.15, 0.2) is 5.71 Å². The van der Waals surface area contributed by atoms with Crippen LogP contribution in [0.1, 0.15) is 20.3 Å². The molecule has 9 nitrogen and oxygen atoms in total. The summed E-state index contributed by atoms with van der Waals surface area (Å²) in [5, 5.41) is 16.2. The van der Waals surface area contributed by atoms with Crippen LogP contribution >= 0.6 is 0 Å². The number of hydrazone groups is 1. The molecule has 0 spiro atoms. The third kappa shape index (κ3) is 4.08. The standard InChI is InChI=1S/C18H25N7O2/c1-11(2)25-17(19)16(8-21-25)22-14-4-3-13(7-15(14)23-18(20)27)24-6-5-12(9-24)10-26/h3-4,7-8,11-12,26H,5-6,9-10H2,1-2H3,(H4,19,20,21,23,27)/p+1. The molecule has 0 radical (unpaired) electrons. The second-order valence-electron chi connectivity index (χ2n) is 7.04. The number of benzene rings is 1. The number of amidine groups is 1. The lowest BCUT2D eigenvalue weighted by Gasteiger charge is -2.20. The van der Waals surface area contributed by atoms with Crippen molar-refractivity contribution in [1.29, 1.82) is 0 Å². The molecular formula is C18H26N7O2+. The number of nitrogens with one attached hydrogen (secondary N) is 1. The van der Waals surface area contributed by atoms with Crippen LogP contribution < -0.4 is 21.7 Å². The highest BCUT2D eigenvalue weighted by Gasteiger charge is 2.25. The highest BCUT2D eigenvalue weighted by Crippen LogP contribution is 2.32. The van der Waals surface area contributed by atoms with E-state index in [9.17, 15) is 9.90 Å². The Morgan fingerprint density at radius 2 is 2.30 bits per heavy atom. The molecule has 2 heterocycles. The molecule has 2 aliphatic rings. The number of carbonyl (C=O) groups excluding carboxylic acids is 1. The summed E-state index contributed by atoms with van der Waals surface area (Å²) in [6, 6.07) is 5.05. The van der Waals surface area contributed by atoms with Crippen LogP contribution in [0.2, 0.25) is 0 Å². The fourth-order valence-electron chi connectivity index (χ4n) is 3.26. The van der Waals surface area contributed by atoms with Gasteiger partial charge in [-0.25, -0.2) is 9.79 Å². The van der Waals surface area contributed by atoms with E-state index in [1.165, 1.54) is 0 Å². The molecule has 1 aromatic carbocycles. The number of rotatable bonds is 5. The third-order valence-electron chi connectivity index (χ3n) is 4.69. The molecule has 0 aromatic heterocycles. The summed E-state index contributed by atoms with van der Waals surface area (Å²) in [6.07, 6.45) is 2.54. The largest absolute Gasteiger partial charge is 0.396 e. The van der Waals surface area contributed by atoms with Gasteiger partial charge in [0.25, 0.3) is 0 Å². The second-order valence-corrected chi connectivity index (χ2v) is 7.04. The van der Waals surface area contributed by atoms with Gasteiger partial charge in [0.05, 0.1) is 11.4 Å². The average Bonchev–Trinajstić information content (AvgIpc) is 3.23. The van der Waals surface area contributed by atoms with E-state index in [1.807, 2.05) is 32.0 Å². The summed E-state index contributed by atoms with van der Waals surface area (Å²) in [5.74, 6) is 0.730. The lowest BCUT2D eigenvalue weighted by atomic mass is 10.1. The molecule has 9 heteroatoms. The number of aliphatic hydroxyl groups is 1. The molecule has 0 saturated carbocycles. The van der Waals surface area contributed by atoms with Gasteiger partial charge in [0.1, 0.15) is 12.3 Å². The Morgan fingerprint density at radius 1 is 1.52 bits per heavy atom. The van der Waals surface area contributed by atoms with Gasteiger partial charge in [0, 0.05) is 31.3 Å². The van der Waals surface area contributed by atoms with Gasteiger partial charge in [-0.1, -0.05) is 5.10 Å². The average molecular weight is 372 g/mol. The third-order valence-corrected chi connectivity index (χ3v) is 4.69. The van der Waals surface area contributed by atoms with E-state index >= 15 is 0 Å². The molecule has 1 saturated heterocycles. The summed E-state index contributed by atoms with van der Waals surface area (Å²) in [5.41, 5.74) is 14.0. The van der Waals surface area contributed by atoms with Crippen LogP contribution in [0.4, 0.5) is 21.9 Å². The topological polar surface area (TPSA) is 132 Å². The molecule has 0 aliphatic carbocycles. The zero-order chi connectivity index (χ0) is 19.6. The molecule has 0 bridgehead atoms. The SMILES string of the molecule is CC(C)[N+]1=C(N)C(=Nc2ccc(N3CCC(CO)C3)cc2NC(N)=O)C=N1. The summed E-state index contributed by atoms with van der Waals surface area (Å²) >= 11 is 0. The predicted octanol–water partition coefficient (Wildman–Crippen LogP) is 0.846. The van der Waals surface area contributed by atoms with Gasteiger partial charge in [-0.2, -0.15) is 0 Å².